The number of amides is 2. The van der Waals surface area contributed by atoms with Crippen LogP contribution >= 0.6 is 22.7 Å². The molecule has 8 nitrogen and oxygen atoms in total. The number of fused-ring (bicyclic) bond motifs is 2. The standard InChI is InChI=1S/C34H40N2O6S2/c1-19(2)41-33(39)27-23-15-7-5-9-17-25(23)43-31(27)35-29(37)21-13-11-12-14-22(21)30(38)36-32-28(34(40)42-20(3)4)24-16-8-6-10-18-26(24)44-32/h11-14,19-20H,5-10,15-18H2,1-4H3,(H,35,37)(H,36,38). The Kier molecular flexibility index (Phi) is 10.2. The normalized spacial score (nSPS) is 14.7. The van der Waals surface area contributed by atoms with Gasteiger partial charge in [0, 0.05) is 9.75 Å². The summed E-state index contributed by atoms with van der Waals surface area (Å²) in [6.07, 6.45) is 8.81. The molecule has 0 saturated carbocycles. The molecule has 0 bridgehead atoms. The molecular weight excluding hydrogens is 597 g/mol. The summed E-state index contributed by atoms with van der Waals surface area (Å²) < 4.78 is 11.1. The van der Waals surface area contributed by atoms with E-state index in [1.54, 1.807) is 52.0 Å². The topological polar surface area (TPSA) is 111 Å². The van der Waals surface area contributed by atoms with E-state index in [9.17, 15) is 19.2 Å². The molecule has 0 spiro atoms. The zero-order chi connectivity index (χ0) is 31.4. The molecule has 2 aromatic heterocycles. The summed E-state index contributed by atoms with van der Waals surface area (Å²) in [5.74, 6) is -1.88. The number of carbonyl (C=O) groups is 4. The van der Waals surface area contributed by atoms with Gasteiger partial charge in [-0.15, -0.1) is 22.7 Å². The third-order valence-corrected chi connectivity index (χ3v) is 10.2. The first-order valence-corrected chi connectivity index (χ1v) is 17.2. The summed E-state index contributed by atoms with van der Waals surface area (Å²) in [6, 6.07) is 6.57. The third-order valence-electron chi connectivity index (χ3n) is 7.81. The quantitative estimate of drug-likeness (QED) is 0.192. The Hall–Kier alpha value is -3.50. The average Bonchev–Trinajstić information content (AvgIpc) is 3.25. The highest BCUT2D eigenvalue weighted by atomic mass is 32.1. The Morgan fingerprint density at radius 2 is 1.00 bits per heavy atom. The van der Waals surface area contributed by atoms with Crippen LogP contribution in [-0.4, -0.2) is 36.0 Å². The van der Waals surface area contributed by atoms with Gasteiger partial charge < -0.3 is 20.1 Å². The minimum absolute atomic E-state index is 0.168. The first-order valence-electron chi connectivity index (χ1n) is 15.6. The van der Waals surface area contributed by atoms with Crippen molar-refractivity contribution >= 4 is 56.4 Å². The van der Waals surface area contributed by atoms with Crippen molar-refractivity contribution < 1.29 is 28.7 Å². The Labute approximate surface area is 266 Å². The molecule has 0 fully saturated rings. The minimum Gasteiger partial charge on any atom is -0.459 e. The lowest BCUT2D eigenvalue weighted by molar-refractivity contribution is 0.0367. The SMILES string of the molecule is CC(C)OC(=O)c1c(NC(=O)c2ccccc2C(=O)Nc2sc3c(c2C(=O)OC(C)C)CCCCC3)sc2c1CCCCC2. The van der Waals surface area contributed by atoms with Crippen molar-refractivity contribution in [2.45, 2.75) is 104 Å². The Balaban J connectivity index is 1.44. The summed E-state index contributed by atoms with van der Waals surface area (Å²) >= 11 is 2.83. The van der Waals surface area contributed by atoms with E-state index in [0.29, 0.717) is 21.1 Å². The summed E-state index contributed by atoms with van der Waals surface area (Å²) in [7, 11) is 0. The fraction of sp³-hybridized carbons (Fsp3) is 0.471. The zero-order valence-corrected chi connectivity index (χ0v) is 27.4. The van der Waals surface area contributed by atoms with Crippen LogP contribution in [0.15, 0.2) is 24.3 Å². The third kappa shape index (κ3) is 7.07. The number of ether oxygens (including phenoxy) is 2. The largest absolute Gasteiger partial charge is 0.459 e. The summed E-state index contributed by atoms with van der Waals surface area (Å²) in [5.41, 5.74) is 3.09. The van der Waals surface area contributed by atoms with Gasteiger partial charge in [-0.05, 0) is 102 Å². The van der Waals surface area contributed by atoms with Gasteiger partial charge >= 0.3 is 11.9 Å². The molecule has 0 saturated heterocycles. The number of nitrogens with one attached hydrogen (secondary N) is 2. The zero-order valence-electron chi connectivity index (χ0n) is 25.8. The van der Waals surface area contributed by atoms with Crippen LogP contribution in [0, 0.1) is 0 Å². The molecule has 2 amide bonds. The number of hydrogen-bond acceptors (Lipinski definition) is 8. The number of esters is 2. The van der Waals surface area contributed by atoms with Crippen LogP contribution in [0.4, 0.5) is 10.0 Å². The van der Waals surface area contributed by atoms with Gasteiger partial charge in [-0.2, -0.15) is 0 Å². The van der Waals surface area contributed by atoms with Crippen LogP contribution in [0.5, 0.6) is 0 Å². The Bertz CT molecular complexity index is 1450. The fourth-order valence-electron chi connectivity index (χ4n) is 5.86. The molecule has 234 valence electrons. The lowest BCUT2D eigenvalue weighted by Crippen LogP contribution is -2.22. The number of aryl methyl sites for hydroxylation is 2. The second kappa shape index (κ2) is 14.1. The van der Waals surface area contributed by atoms with Crippen LogP contribution in [0.3, 0.4) is 0 Å². The van der Waals surface area contributed by atoms with Crippen LogP contribution in [-0.2, 0) is 35.2 Å². The van der Waals surface area contributed by atoms with Crippen molar-refractivity contribution in [1.29, 1.82) is 0 Å². The van der Waals surface area contributed by atoms with Crippen molar-refractivity contribution in [3.05, 3.63) is 67.4 Å². The van der Waals surface area contributed by atoms with Gasteiger partial charge in [0.1, 0.15) is 10.0 Å². The first-order chi connectivity index (χ1) is 21.1. The van der Waals surface area contributed by atoms with E-state index in [1.807, 2.05) is 0 Å². The number of carbonyl (C=O) groups excluding carboxylic acids is 4. The molecule has 2 aliphatic carbocycles. The molecule has 44 heavy (non-hydrogen) atoms. The van der Waals surface area contributed by atoms with Gasteiger partial charge in [0.25, 0.3) is 11.8 Å². The smallest absolute Gasteiger partial charge is 0.341 e. The average molecular weight is 637 g/mol. The second-order valence-corrected chi connectivity index (χ2v) is 14.1. The molecule has 3 aromatic rings. The maximum Gasteiger partial charge on any atom is 0.341 e. The Morgan fingerprint density at radius 1 is 0.614 bits per heavy atom. The highest BCUT2D eigenvalue weighted by molar-refractivity contribution is 7.17. The number of anilines is 2. The van der Waals surface area contributed by atoms with Crippen molar-refractivity contribution in [3.63, 3.8) is 0 Å². The molecule has 0 radical (unpaired) electrons. The van der Waals surface area contributed by atoms with Gasteiger partial charge in [-0.1, -0.05) is 25.0 Å². The molecule has 0 unspecified atom stereocenters. The van der Waals surface area contributed by atoms with Gasteiger partial charge in [0.15, 0.2) is 0 Å². The predicted octanol–water partition coefficient (Wildman–Crippen LogP) is 7.98. The predicted molar refractivity (Wildman–Crippen MR) is 175 cm³/mol. The maximum absolute atomic E-state index is 13.8. The molecule has 0 atom stereocenters. The van der Waals surface area contributed by atoms with E-state index < -0.39 is 23.8 Å². The van der Waals surface area contributed by atoms with E-state index in [1.165, 1.54) is 22.7 Å². The van der Waals surface area contributed by atoms with Gasteiger partial charge in [0.05, 0.1) is 34.5 Å². The summed E-state index contributed by atoms with van der Waals surface area (Å²) in [4.78, 5) is 56.1. The van der Waals surface area contributed by atoms with Crippen molar-refractivity contribution in [3.8, 4) is 0 Å². The van der Waals surface area contributed by atoms with Crippen LogP contribution in [0.1, 0.15) is 129 Å². The first kappa shape index (κ1) is 31.9. The van der Waals surface area contributed by atoms with Gasteiger partial charge in [-0.25, -0.2) is 9.59 Å². The molecule has 10 heteroatoms. The number of hydrogen-bond donors (Lipinski definition) is 2. The van der Waals surface area contributed by atoms with Gasteiger partial charge in [-0.3, -0.25) is 9.59 Å². The van der Waals surface area contributed by atoms with E-state index in [2.05, 4.69) is 10.6 Å². The number of benzene rings is 1. The molecule has 2 heterocycles. The lowest BCUT2D eigenvalue weighted by Gasteiger charge is -2.14. The van der Waals surface area contributed by atoms with Crippen molar-refractivity contribution in [2.24, 2.45) is 0 Å². The maximum atomic E-state index is 13.8. The molecule has 2 N–H and O–H groups in total. The van der Waals surface area contributed by atoms with E-state index in [4.69, 9.17) is 9.47 Å². The molecule has 0 aliphatic heterocycles. The van der Waals surface area contributed by atoms with Crippen LogP contribution < -0.4 is 10.6 Å². The second-order valence-electron chi connectivity index (χ2n) is 11.9. The lowest BCUT2D eigenvalue weighted by atomic mass is 10.0. The van der Waals surface area contributed by atoms with Crippen molar-refractivity contribution in [1.82, 2.24) is 0 Å². The molecular formula is C34H40N2O6S2. The van der Waals surface area contributed by atoms with E-state index in [-0.39, 0.29) is 23.3 Å². The molecule has 2 aliphatic rings. The molecule has 1 aromatic carbocycles. The fourth-order valence-corrected chi connectivity index (χ4v) is 8.40. The Morgan fingerprint density at radius 3 is 1.39 bits per heavy atom. The van der Waals surface area contributed by atoms with Gasteiger partial charge in [0.2, 0.25) is 0 Å². The number of thiophene rings is 2. The number of rotatable bonds is 8. The molecule has 5 rings (SSSR count). The summed E-state index contributed by atoms with van der Waals surface area (Å²) in [5, 5.41) is 6.78. The van der Waals surface area contributed by atoms with Crippen molar-refractivity contribution in [2.75, 3.05) is 10.6 Å². The van der Waals surface area contributed by atoms with E-state index >= 15 is 0 Å². The summed E-state index contributed by atoms with van der Waals surface area (Å²) in [6.45, 7) is 7.20. The van der Waals surface area contributed by atoms with E-state index in [0.717, 1.165) is 85.1 Å². The monoisotopic (exact) mass is 636 g/mol. The van der Waals surface area contributed by atoms with Crippen LogP contribution in [0.25, 0.3) is 0 Å². The van der Waals surface area contributed by atoms with Crippen LogP contribution in [0.2, 0.25) is 0 Å². The highest BCUT2D eigenvalue weighted by Gasteiger charge is 2.30. The minimum atomic E-state index is -0.493. The highest BCUT2D eigenvalue weighted by Crippen LogP contribution is 2.40.